The number of imide groups is 1. The molecule has 1 aliphatic rings. The van der Waals surface area contributed by atoms with E-state index in [4.69, 9.17) is 9.47 Å². The maximum Gasteiger partial charge on any atom is 0.293 e. The van der Waals surface area contributed by atoms with Gasteiger partial charge in [-0.25, -0.2) is 0 Å². The Morgan fingerprint density at radius 1 is 1.27 bits per heavy atom. The number of hydrogen-bond acceptors (Lipinski definition) is 5. The summed E-state index contributed by atoms with van der Waals surface area (Å²) in [5, 5.41) is -0.265. The van der Waals surface area contributed by atoms with Crippen LogP contribution in [0.15, 0.2) is 41.8 Å². The lowest BCUT2D eigenvalue weighted by Crippen LogP contribution is -2.31. The van der Waals surface area contributed by atoms with Crippen molar-refractivity contribution in [2.75, 3.05) is 26.9 Å². The first kappa shape index (κ1) is 16.3. The molecular weight excluding hydrogens is 302 g/mol. The Hall–Kier alpha value is -2.05. The molecule has 0 spiro atoms. The first-order chi connectivity index (χ1) is 10.7. The fraction of sp³-hybridized carbons (Fsp3) is 0.250. The van der Waals surface area contributed by atoms with Crippen LogP contribution >= 0.6 is 11.8 Å². The molecule has 1 aromatic rings. The number of rotatable bonds is 7. The number of ether oxygens (including phenoxy) is 2. The van der Waals surface area contributed by atoms with E-state index in [1.165, 1.54) is 12.0 Å². The van der Waals surface area contributed by atoms with Gasteiger partial charge >= 0.3 is 0 Å². The summed E-state index contributed by atoms with van der Waals surface area (Å²) in [4.78, 5) is 25.6. The van der Waals surface area contributed by atoms with E-state index in [9.17, 15) is 9.59 Å². The molecule has 5 nitrogen and oxygen atoms in total. The molecule has 1 aliphatic heterocycles. The van der Waals surface area contributed by atoms with E-state index in [-0.39, 0.29) is 17.7 Å². The lowest BCUT2D eigenvalue weighted by molar-refractivity contribution is -0.123. The molecule has 0 atom stereocenters. The number of amides is 2. The molecule has 0 bridgehead atoms. The zero-order valence-corrected chi connectivity index (χ0v) is 13.1. The van der Waals surface area contributed by atoms with E-state index in [0.29, 0.717) is 18.1 Å². The summed E-state index contributed by atoms with van der Waals surface area (Å²) < 4.78 is 10.3. The van der Waals surface area contributed by atoms with Crippen molar-refractivity contribution in [1.29, 1.82) is 0 Å². The van der Waals surface area contributed by atoms with Gasteiger partial charge in [0.2, 0.25) is 0 Å². The minimum absolute atomic E-state index is 0.265. The number of carbonyl (C=O) groups is 2. The maximum atomic E-state index is 12.2. The van der Waals surface area contributed by atoms with Crippen molar-refractivity contribution in [1.82, 2.24) is 4.90 Å². The highest BCUT2D eigenvalue weighted by Gasteiger charge is 2.34. The normalized spacial score (nSPS) is 16.4. The van der Waals surface area contributed by atoms with E-state index in [2.05, 4.69) is 6.58 Å². The van der Waals surface area contributed by atoms with Crippen molar-refractivity contribution in [2.24, 2.45) is 0 Å². The molecule has 0 radical (unpaired) electrons. The Morgan fingerprint density at radius 3 is 2.64 bits per heavy atom. The molecule has 0 aliphatic carbocycles. The third kappa shape index (κ3) is 3.99. The molecule has 2 amide bonds. The zero-order valence-electron chi connectivity index (χ0n) is 12.3. The van der Waals surface area contributed by atoms with Crippen LogP contribution in [0.2, 0.25) is 0 Å². The number of benzene rings is 1. The second kappa shape index (κ2) is 7.82. The lowest BCUT2D eigenvalue weighted by Gasteiger charge is -2.10. The Kier molecular flexibility index (Phi) is 5.80. The number of methoxy groups -OCH3 is 1. The summed E-state index contributed by atoms with van der Waals surface area (Å²) in [7, 11) is 1.53. The summed E-state index contributed by atoms with van der Waals surface area (Å²) in [5.41, 5.74) is 0.836. The molecule has 0 unspecified atom stereocenters. The van der Waals surface area contributed by atoms with E-state index in [1.54, 1.807) is 12.2 Å². The largest absolute Gasteiger partial charge is 0.490 e. The Bertz CT molecular complexity index is 595. The Balaban J connectivity index is 2.07. The van der Waals surface area contributed by atoms with Gasteiger partial charge in [-0.1, -0.05) is 24.8 Å². The summed E-state index contributed by atoms with van der Waals surface area (Å²) >= 11 is 0.944. The topological polar surface area (TPSA) is 55.8 Å². The van der Waals surface area contributed by atoms with Gasteiger partial charge in [0, 0.05) is 7.11 Å². The summed E-state index contributed by atoms with van der Waals surface area (Å²) in [6.07, 6.45) is 3.37. The molecule has 1 heterocycles. The monoisotopic (exact) mass is 319 g/mol. The number of carbonyl (C=O) groups excluding carboxylic acids is 2. The van der Waals surface area contributed by atoms with Gasteiger partial charge in [-0.15, -0.1) is 0 Å². The third-order valence-corrected chi connectivity index (χ3v) is 3.85. The van der Waals surface area contributed by atoms with Crippen LogP contribution in [0.3, 0.4) is 0 Å². The molecule has 0 saturated carbocycles. The fourth-order valence-electron chi connectivity index (χ4n) is 1.84. The highest BCUT2D eigenvalue weighted by Crippen LogP contribution is 2.32. The van der Waals surface area contributed by atoms with Gasteiger partial charge in [0.05, 0.1) is 18.1 Å². The van der Waals surface area contributed by atoms with Crippen molar-refractivity contribution in [3.8, 4) is 5.75 Å². The SMILES string of the molecule is C=CCOc1ccc(/C=C2/SC(=O)N(CCOC)C2=O)cc1. The second-order valence-electron chi connectivity index (χ2n) is 4.49. The lowest BCUT2D eigenvalue weighted by atomic mass is 10.2. The van der Waals surface area contributed by atoms with E-state index >= 15 is 0 Å². The average molecular weight is 319 g/mol. The van der Waals surface area contributed by atoms with Crippen molar-refractivity contribution in [3.63, 3.8) is 0 Å². The third-order valence-electron chi connectivity index (χ3n) is 2.94. The van der Waals surface area contributed by atoms with Gasteiger partial charge in [-0.2, -0.15) is 0 Å². The molecule has 0 aromatic heterocycles. The molecule has 1 saturated heterocycles. The van der Waals surface area contributed by atoms with Crippen LogP contribution in [-0.4, -0.2) is 42.9 Å². The highest BCUT2D eigenvalue weighted by atomic mass is 32.2. The Labute approximate surface area is 133 Å². The predicted molar refractivity (Wildman–Crippen MR) is 86.7 cm³/mol. The zero-order chi connectivity index (χ0) is 15.9. The Morgan fingerprint density at radius 2 is 2.00 bits per heavy atom. The second-order valence-corrected chi connectivity index (χ2v) is 5.49. The van der Waals surface area contributed by atoms with E-state index < -0.39 is 0 Å². The van der Waals surface area contributed by atoms with Crippen molar-refractivity contribution < 1.29 is 19.1 Å². The minimum atomic E-state index is -0.279. The number of nitrogens with zero attached hydrogens (tertiary/aromatic N) is 1. The summed E-state index contributed by atoms with van der Waals surface area (Å²) in [6, 6.07) is 7.29. The van der Waals surface area contributed by atoms with E-state index in [0.717, 1.165) is 23.1 Å². The molecule has 116 valence electrons. The molecule has 22 heavy (non-hydrogen) atoms. The molecule has 1 aromatic carbocycles. The maximum absolute atomic E-state index is 12.2. The smallest absolute Gasteiger partial charge is 0.293 e. The van der Waals surface area contributed by atoms with Crippen LogP contribution in [0.4, 0.5) is 4.79 Å². The van der Waals surface area contributed by atoms with Gasteiger partial charge in [0.1, 0.15) is 12.4 Å². The first-order valence-corrected chi connectivity index (χ1v) is 7.55. The van der Waals surface area contributed by atoms with Crippen LogP contribution in [0.25, 0.3) is 6.08 Å². The molecule has 1 fully saturated rings. The van der Waals surface area contributed by atoms with E-state index in [1.807, 2.05) is 24.3 Å². The molecule has 2 rings (SSSR count). The predicted octanol–water partition coefficient (Wildman–Crippen LogP) is 2.93. The van der Waals surface area contributed by atoms with Gasteiger partial charge < -0.3 is 9.47 Å². The van der Waals surface area contributed by atoms with Gasteiger partial charge in [0.15, 0.2) is 0 Å². The average Bonchev–Trinajstić information content (AvgIpc) is 2.79. The van der Waals surface area contributed by atoms with Crippen LogP contribution in [0.1, 0.15) is 5.56 Å². The summed E-state index contributed by atoms with van der Waals surface area (Å²) in [5.74, 6) is 0.448. The van der Waals surface area contributed by atoms with Gasteiger partial charge in [-0.05, 0) is 35.5 Å². The minimum Gasteiger partial charge on any atom is -0.490 e. The van der Waals surface area contributed by atoms with Crippen LogP contribution < -0.4 is 4.74 Å². The van der Waals surface area contributed by atoms with Crippen LogP contribution in [0.5, 0.6) is 5.75 Å². The highest BCUT2D eigenvalue weighted by molar-refractivity contribution is 8.18. The van der Waals surface area contributed by atoms with Crippen LogP contribution in [-0.2, 0) is 9.53 Å². The van der Waals surface area contributed by atoms with Gasteiger partial charge in [0.25, 0.3) is 11.1 Å². The van der Waals surface area contributed by atoms with Crippen molar-refractivity contribution >= 4 is 29.0 Å². The summed E-state index contributed by atoms with van der Waals surface area (Å²) in [6.45, 7) is 4.63. The standard InChI is InChI=1S/C16H17NO4S/c1-3-9-21-13-6-4-12(5-7-13)11-14-15(18)17(8-10-20-2)16(19)22-14/h3-7,11H,1,8-10H2,2H3/b14-11+. The number of hydrogen-bond donors (Lipinski definition) is 0. The first-order valence-electron chi connectivity index (χ1n) is 6.73. The number of thioether (sulfide) groups is 1. The van der Waals surface area contributed by atoms with Crippen molar-refractivity contribution in [3.05, 3.63) is 47.4 Å². The van der Waals surface area contributed by atoms with Crippen molar-refractivity contribution in [2.45, 2.75) is 0 Å². The quantitative estimate of drug-likeness (QED) is 0.571. The van der Waals surface area contributed by atoms with Crippen LogP contribution in [0, 0.1) is 0 Å². The molecule has 6 heteroatoms. The fourth-order valence-corrected chi connectivity index (χ4v) is 2.71. The molecule has 0 N–H and O–H groups in total. The van der Waals surface area contributed by atoms with Gasteiger partial charge in [-0.3, -0.25) is 14.5 Å². The molecular formula is C16H17NO4S.